The molecule has 2 aromatic rings. The molecule has 0 unspecified atom stereocenters. The summed E-state index contributed by atoms with van der Waals surface area (Å²) in [6.45, 7) is 1.90. The van der Waals surface area contributed by atoms with Gasteiger partial charge in [-0.2, -0.15) is 0 Å². The van der Waals surface area contributed by atoms with Gasteiger partial charge in [-0.25, -0.2) is 0 Å². The van der Waals surface area contributed by atoms with E-state index in [1.807, 2.05) is 6.92 Å². The molecule has 0 saturated carbocycles. The maximum atomic E-state index is 12.1. The van der Waals surface area contributed by atoms with E-state index in [1.165, 1.54) is 6.07 Å². The lowest BCUT2D eigenvalue weighted by Crippen LogP contribution is -2.01. The Hall–Kier alpha value is -2.49. The van der Waals surface area contributed by atoms with E-state index < -0.39 is 23.0 Å². The number of hydrogen-bond acceptors (Lipinski definition) is 4. The molecule has 0 spiro atoms. The number of carbonyl (C=O) groups excluding carboxylic acids is 1. The molecule has 4 nitrogen and oxygen atoms in total. The van der Waals surface area contributed by atoms with Crippen LogP contribution in [0.2, 0.25) is 0 Å². The molecule has 0 saturated heterocycles. The maximum Gasteiger partial charge on any atom is 0.201 e. The van der Waals surface area contributed by atoms with Gasteiger partial charge in [-0.1, -0.05) is 29.8 Å². The summed E-state index contributed by atoms with van der Waals surface area (Å²) in [6, 6.07) is 9.28. The van der Waals surface area contributed by atoms with E-state index in [9.17, 15) is 20.1 Å². The summed E-state index contributed by atoms with van der Waals surface area (Å²) in [5.74, 6) is -2.18. The van der Waals surface area contributed by atoms with Crippen molar-refractivity contribution in [3.8, 4) is 17.2 Å². The topological polar surface area (TPSA) is 77.8 Å². The number of aryl methyl sites for hydroxylation is 1. The molecular formula is C14H12O4. The fourth-order valence-corrected chi connectivity index (χ4v) is 1.61. The first-order chi connectivity index (χ1) is 8.50. The third-order valence-electron chi connectivity index (χ3n) is 2.69. The lowest BCUT2D eigenvalue weighted by molar-refractivity contribution is 0.103. The predicted octanol–water partition coefficient (Wildman–Crippen LogP) is 2.34. The van der Waals surface area contributed by atoms with Gasteiger partial charge in [0.15, 0.2) is 17.3 Å². The van der Waals surface area contributed by atoms with Gasteiger partial charge in [-0.05, 0) is 19.1 Å². The van der Waals surface area contributed by atoms with E-state index in [4.69, 9.17) is 0 Å². The number of phenolic OH excluding ortho intramolecular Hbond substituents is 3. The van der Waals surface area contributed by atoms with Crippen molar-refractivity contribution < 1.29 is 20.1 Å². The summed E-state index contributed by atoms with van der Waals surface area (Å²) in [5, 5.41) is 28.2. The van der Waals surface area contributed by atoms with Gasteiger partial charge < -0.3 is 15.3 Å². The SMILES string of the molecule is Cc1ccc(C(=O)c2ccc(O)c(O)c2O)cc1. The Morgan fingerprint density at radius 3 is 2.11 bits per heavy atom. The summed E-state index contributed by atoms with van der Waals surface area (Å²) >= 11 is 0. The van der Waals surface area contributed by atoms with Crippen molar-refractivity contribution in [2.45, 2.75) is 6.92 Å². The first-order valence-corrected chi connectivity index (χ1v) is 5.36. The quantitative estimate of drug-likeness (QED) is 0.559. The number of hydrogen-bond donors (Lipinski definition) is 3. The highest BCUT2D eigenvalue weighted by Gasteiger charge is 2.18. The standard InChI is InChI=1S/C14H12O4/c1-8-2-4-9(5-3-8)12(16)10-6-7-11(15)14(18)13(10)17/h2-7,15,17-18H,1H3. The van der Waals surface area contributed by atoms with Crippen LogP contribution in [0.15, 0.2) is 36.4 Å². The second kappa shape index (κ2) is 4.41. The molecule has 4 heteroatoms. The van der Waals surface area contributed by atoms with Gasteiger partial charge in [-0.15, -0.1) is 0 Å². The average molecular weight is 244 g/mol. The van der Waals surface area contributed by atoms with Crippen molar-refractivity contribution in [3.05, 3.63) is 53.1 Å². The summed E-state index contributed by atoms with van der Waals surface area (Å²) in [6.07, 6.45) is 0. The molecule has 0 heterocycles. The smallest absolute Gasteiger partial charge is 0.201 e. The lowest BCUT2D eigenvalue weighted by Gasteiger charge is -2.07. The zero-order chi connectivity index (χ0) is 13.3. The molecule has 0 bridgehead atoms. The van der Waals surface area contributed by atoms with Gasteiger partial charge in [0, 0.05) is 5.56 Å². The molecule has 0 radical (unpaired) electrons. The van der Waals surface area contributed by atoms with Crippen molar-refractivity contribution in [3.63, 3.8) is 0 Å². The fourth-order valence-electron chi connectivity index (χ4n) is 1.61. The summed E-state index contributed by atoms with van der Waals surface area (Å²) in [5.41, 5.74) is 1.37. The largest absolute Gasteiger partial charge is 0.504 e. The minimum atomic E-state index is -0.687. The zero-order valence-electron chi connectivity index (χ0n) is 9.71. The van der Waals surface area contributed by atoms with Gasteiger partial charge in [-0.3, -0.25) is 4.79 Å². The molecule has 3 N–H and O–H groups in total. The molecule has 0 aliphatic carbocycles. The Morgan fingerprint density at radius 1 is 0.889 bits per heavy atom. The number of rotatable bonds is 2. The number of carbonyl (C=O) groups is 1. The third kappa shape index (κ3) is 2.00. The van der Waals surface area contributed by atoms with Gasteiger partial charge in [0.25, 0.3) is 0 Å². The molecule has 2 aromatic carbocycles. The van der Waals surface area contributed by atoms with E-state index in [2.05, 4.69) is 0 Å². The highest BCUT2D eigenvalue weighted by Crippen LogP contribution is 2.37. The monoisotopic (exact) mass is 244 g/mol. The van der Waals surface area contributed by atoms with Crippen molar-refractivity contribution in [2.24, 2.45) is 0 Å². The number of aromatic hydroxyl groups is 3. The molecule has 18 heavy (non-hydrogen) atoms. The normalized spacial score (nSPS) is 10.3. The minimum absolute atomic E-state index is 0.0471. The molecule has 0 aliphatic heterocycles. The molecule has 0 aliphatic rings. The third-order valence-corrected chi connectivity index (χ3v) is 2.69. The molecular weight excluding hydrogens is 232 g/mol. The Kier molecular flexibility index (Phi) is 2.93. The highest BCUT2D eigenvalue weighted by molar-refractivity contribution is 6.11. The van der Waals surface area contributed by atoms with Crippen LogP contribution in [0.5, 0.6) is 17.2 Å². The first-order valence-electron chi connectivity index (χ1n) is 5.36. The number of ketones is 1. The van der Waals surface area contributed by atoms with Crippen molar-refractivity contribution in [2.75, 3.05) is 0 Å². The lowest BCUT2D eigenvalue weighted by atomic mass is 10.0. The van der Waals surface area contributed by atoms with Gasteiger partial charge >= 0.3 is 0 Å². The number of benzene rings is 2. The van der Waals surface area contributed by atoms with Gasteiger partial charge in [0.05, 0.1) is 5.56 Å². The molecule has 0 atom stereocenters. The van der Waals surface area contributed by atoms with Crippen LogP contribution in [0.1, 0.15) is 21.5 Å². The van der Waals surface area contributed by atoms with Crippen LogP contribution in [0.3, 0.4) is 0 Å². The minimum Gasteiger partial charge on any atom is -0.504 e. The van der Waals surface area contributed by atoms with E-state index in [0.29, 0.717) is 5.56 Å². The first kappa shape index (κ1) is 12.0. The van der Waals surface area contributed by atoms with Crippen LogP contribution >= 0.6 is 0 Å². The van der Waals surface area contributed by atoms with Crippen LogP contribution < -0.4 is 0 Å². The Balaban J connectivity index is 2.46. The molecule has 0 aromatic heterocycles. The van der Waals surface area contributed by atoms with E-state index >= 15 is 0 Å². The second-order valence-corrected chi connectivity index (χ2v) is 4.02. The van der Waals surface area contributed by atoms with E-state index in [0.717, 1.165) is 11.6 Å². The Bertz CT molecular complexity index is 600. The molecule has 92 valence electrons. The Labute approximate surface area is 104 Å². The molecule has 2 rings (SSSR count). The second-order valence-electron chi connectivity index (χ2n) is 4.02. The number of phenols is 3. The molecule has 0 fully saturated rings. The van der Waals surface area contributed by atoms with Gasteiger partial charge in [0.2, 0.25) is 5.75 Å². The van der Waals surface area contributed by atoms with E-state index in [-0.39, 0.29) is 5.56 Å². The summed E-state index contributed by atoms with van der Waals surface area (Å²) in [4.78, 5) is 12.1. The van der Waals surface area contributed by atoms with Gasteiger partial charge in [0.1, 0.15) is 0 Å². The van der Waals surface area contributed by atoms with Crippen molar-refractivity contribution in [1.29, 1.82) is 0 Å². The van der Waals surface area contributed by atoms with Crippen LogP contribution in [0.4, 0.5) is 0 Å². The van der Waals surface area contributed by atoms with Crippen LogP contribution in [0, 0.1) is 6.92 Å². The van der Waals surface area contributed by atoms with E-state index in [1.54, 1.807) is 24.3 Å². The van der Waals surface area contributed by atoms with Crippen LogP contribution in [-0.2, 0) is 0 Å². The van der Waals surface area contributed by atoms with Crippen LogP contribution in [0.25, 0.3) is 0 Å². The average Bonchev–Trinajstić information content (AvgIpc) is 2.36. The predicted molar refractivity (Wildman–Crippen MR) is 66.0 cm³/mol. The maximum absolute atomic E-state index is 12.1. The highest BCUT2D eigenvalue weighted by atomic mass is 16.3. The summed E-state index contributed by atoms with van der Waals surface area (Å²) < 4.78 is 0. The van der Waals surface area contributed by atoms with Crippen LogP contribution in [-0.4, -0.2) is 21.1 Å². The Morgan fingerprint density at radius 2 is 1.50 bits per heavy atom. The molecule has 0 amide bonds. The summed E-state index contributed by atoms with van der Waals surface area (Å²) in [7, 11) is 0. The van der Waals surface area contributed by atoms with Crippen molar-refractivity contribution in [1.82, 2.24) is 0 Å². The fraction of sp³-hybridized carbons (Fsp3) is 0.0714. The zero-order valence-corrected chi connectivity index (χ0v) is 9.71. The van der Waals surface area contributed by atoms with Crippen molar-refractivity contribution >= 4 is 5.78 Å².